The van der Waals surface area contributed by atoms with E-state index in [2.05, 4.69) is 73.1 Å². The van der Waals surface area contributed by atoms with Gasteiger partial charge in [-0.25, -0.2) is 0 Å². The summed E-state index contributed by atoms with van der Waals surface area (Å²) in [5, 5.41) is 0. The van der Waals surface area contributed by atoms with Crippen molar-refractivity contribution in [3.63, 3.8) is 0 Å². The van der Waals surface area contributed by atoms with E-state index in [1.165, 1.54) is 62.5 Å². The highest BCUT2D eigenvalue weighted by atomic mass is 14.7. The molecule has 4 saturated carbocycles. The molecular formula is C28H34N2. The van der Waals surface area contributed by atoms with Crippen LogP contribution in [0.2, 0.25) is 0 Å². The first-order valence-electron chi connectivity index (χ1n) is 11.8. The van der Waals surface area contributed by atoms with E-state index >= 15 is 0 Å². The van der Waals surface area contributed by atoms with Crippen molar-refractivity contribution in [3.05, 3.63) is 71.8 Å². The monoisotopic (exact) mass is 398 g/mol. The zero-order chi connectivity index (χ0) is 20.3. The summed E-state index contributed by atoms with van der Waals surface area (Å²) in [6, 6.07) is 21.0. The molecule has 0 atom stereocenters. The largest absolute Gasteiger partial charge is 0.293 e. The van der Waals surface area contributed by atoms with Gasteiger partial charge in [-0.3, -0.25) is 9.98 Å². The zero-order valence-electron chi connectivity index (χ0n) is 18.0. The molecule has 0 N–H and O–H groups in total. The highest BCUT2D eigenvalue weighted by molar-refractivity contribution is 5.79. The van der Waals surface area contributed by atoms with E-state index in [4.69, 9.17) is 9.98 Å². The number of aliphatic imine (C=N–C) groups is 2. The van der Waals surface area contributed by atoms with Gasteiger partial charge in [-0.1, -0.05) is 60.7 Å². The van der Waals surface area contributed by atoms with Gasteiger partial charge in [0.25, 0.3) is 0 Å². The van der Waals surface area contributed by atoms with Crippen LogP contribution in [0, 0.1) is 22.7 Å². The van der Waals surface area contributed by atoms with Crippen LogP contribution in [0.15, 0.2) is 70.6 Å². The molecule has 2 nitrogen and oxygen atoms in total. The Bertz CT molecular complexity index is 798. The van der Waals surface area contributed by atoms with Crippen LogP contribution in [0.1, 0.15) is 62.5 Å². The van der Waals surface area contributed by atoms with Crippen molar-refractivity contribution in [3.8, 4) is 0 Å². The standard InChI is InChI=1S/C28H34N2/c1-3-7-23(8-4-1)20-29-13-11-27-16-25-15-26(17-27)19-28(18-25,22-27)12-14-30-21-24-9-5-2-6-10-24/h1-10,20-21,25-26H,11-19,22H2. The molecule has 0 spiro atoms. The van der Waals surface area contributed by atoms with Gasteiger partial charge in [-0.2, -0.15) is 0 Å². The molecule has 6 rings (SSSR count). The number of benzene rings is 2. The Morgan fingerprint density at radius 2 is 1.10 bits per heavy atom. The van der Waals surface area contributed by atoms with Crippen molar-refractivity contribution >= 4 is 12.4 Å². The van der Waals surface area contributed by atoms with Gasteiger partial charge in [-0.05, 0) is 85.2 Å². The van der Waals surface area contributed by atoms with Crippen molar-refractivity contribution in [1.29, 1.82) is 0 Å². The Balaban J connectivity index is 1.20. The fourth-order valence-corrected chi connectivity index (χ4v) is 7.26. The second-order valence-corrected chi connectivity index (χ2v) is 10.4. The Hall–Kier alpha value is -2.22. The summed E-state index contributed by atoms with van der Waals surface area (Å²) in [6.07, 6.45) is 15.4. The summed E-state index contributed by atoms with van der Waals surface area (Å²) in [5.74, 6) is 1.92. The molecule has 0 aromatic heterocycles. The molecule has 4 fully saturated rings. The smallest absolute Gasteiger partial charge is 0.0394 e. The highest BCUT2D eigenvalue weighted by Gasteiger charge is 2.56. The topological polar surface area (TPSA) is 24.7 Å². The summed E-state index contributed by atoms with van der Waals surface area (Å²) in [4.78, 5) is 9.60. The Kier molecular flexibility index (Phi) is 5.58. The molecule has 2 aromatic carbocycles. The van der Waals surface area contributed by atoms with Crippen LogP contribution in [0.4, 0.5) is 0 Å². The summed E-state index contributed by atoms with van der Waals surface area (Å²) in [7, 11) is 0. The van der Waals surface area contributed by atoms with Crippen LogP contribution in [0.25, 0.3) is 0 Å². The lowest BCUT2D eigenvalue weighted by atomic mass is 9.43. The maximum Gasteiger partial charge on any atom is 0.0394 e. The third-order valence-corrected chi connectivity index (χ3v) is 7.93. The molecule has 0 amide bonds. The van der Waals surface area contributed by atoms with Gasteiger partial charge >= 0.3 is 0 Å². The third-order valence-electron chi connectivity index (χ3n) is 7.93. The van der Waals surface area contributed by atoms with Crippen molar-refractivity contribution < 1.29 is 0 Å². The SMILES string of the molecule is C(=NCCC12CC3CC(C1)CC(CCN=Cc1ccccc1)(C3)C2)c1ccccc1. The van der Waals surface area contributed by atoms with Gasteiger partial charge in [0, 0.05) is 25.5 Å². The van der Waals surface area contributed by atoms with Crippen LogP contribution >= 0.6 is 0 Å². The van der Waals surface area contributed by atoms with E-state index in [9.17, 15) is 0 Å². The van der Waals surface area contributed by atoms with Gasteiger partial charge in [0.05, 0.1) is 0 Å². The maximum absolute atomic E-state index is 4.80. The first-order valence-corrected chi connectivity index (χ1v) is 11.8. The van der Waals surface area contributed by atoms with E-state index in [1.54, 1.807) is 0 Å². The lowest BCUT2D eigenvalue weighted by molar-refractivity contribution is -0.115. The van der Waals surface area contributed by atoms with Gasteiger partial charge in [-0.15, -0.1) is 0 Å². The minimum absolute atomic E-state index is 0.557. The van der Waals surface area contributed by atoms with Crippen LogP contribution in [-0.4, -0.2) is 25.5 Å². The average Bonchev–Trinajstić information content (AvgIpc) is 2.75. The lowest BCUT2D eigenvalue weighted by Gasteiger charge is -2.62. The van der Waals surface area contributed by atoms with E-state index in [-0.39, 0.29) is 0 Å². The van der Waals surface area contributed by atoms with Crippen molar-refractivity contribution in [2.75, 3.05) is 13.1 Å². The van der Waals surface area contributed by atoms with Gasteiger partial charge in [0.15, 0.2) is 0 Å². The zero-order valence-corrected chi connectivity index (χ0v) is 18.0. The summed E-state index contributed by atoms with van der Waals surface area (Å²) >= 11 is 0. The molecular weight excluding hydrogens is 364 g/mol. The Morgan fingerprint density at radius 3 is 1.53 bits per heavy atom. The highest BCUT2D eigenvalue weighted by Crippen LogP contribution is 2.67. The van der Waals surface area contributed by atoms with E-state index in [0.29, 0.717) is 10.8 Å². The fraction of sp³-hybridized carbons (Fsp3) is 0.500. The van der Waals surface area contributed by atoms with Crippen molar-refractivity contribution in [2.45, 2.75) is 51.4 Å². The molecule has 0 radical (unpaired) electrons. The summed E-state index contributed by atoms with van der Waals surface area (Å²) in [5.41, 5.74) is 3.55. The van der Waals surface area contributed by atoms with Crippen LogP contribution in [-0.2, 0) is 0 Å². The van der Waals surface area contributed by atoms with Gasteiger partial charge in [0.2, 0.25) is 0 Å². The predicted molar refractivity (Wildman–Crippen MR) is 127 cm³/mol. The summed E-state index contributed by atoms with van der Waals surface area (Å²) < 4.78 is 0. The Labute approximate surface area is 181 Å². The molecule has 0 saturated heterocycles. The number of hydrogen-bond acceptors (Lipinski definition) is 2. The molecule has 4 aliphatic rings. The molecule has 4 aliphatic carbocycles. The quantitative estimate of drug-likeness (QED) is 0.448. The third kappa shape index (κ3) is 4.43. The second-order valence-electron chi connectivity index (χ2n) is 10.4. The molecule has 0 aliphatic heterocycles. The van der Waals surface area contributed by atoms with Crippen molar-refractivity contribution in [2.24, 2.45) is 32.7 Å². The number of hydrogen-bond donors (Lipinski definition) is 0. The first-order chi connectivity index (χ1) is 14.7. The minimum Gasteiger partial charge on any atom is -0.293 e. The predicted octanol–water partition coefficient (Wildman–Crippen LogP) is 6.59. The molecule has 4 bridgehead atoms. The fourth-order valence-electron chi connectivity index (χ4n) is 7.26. The Morgan fingerprint density at radius 1 is 0.667 bits per heavy atom. The molecule has 0 heterocycles. The number of rotatable bonds is 8. The normalized spacial score (nSPS) is 32.4. The number of nitrogens with zero attached hydrogens (tertiary/aromatic N) is 2. The van der Waals surface area contributed by atoms with E-state index in [0.717, 1.165) is 24.9 Å². The van der Waals surface area contributed by atoms with Gasteiger partial charge < -0.3 is 0 Å². The molecule has 156 valence electrons. The van der Waals surface area contributed by atoms with E-state index in [1.807, 2.05) is 0 Å². The molecule has 2 heteroatoms. The van der Waals surface area contributed by atoms with Crippen molar-refractivity contribution in [1.82, 2.24) is 0 Å². The van der Waals surface area contributed by atoms with Crippen LogP contribution in [0.3, 0.4) is 0 Å². The van der Waals surface area contributed by atoms with Gasteiger partial charge in [0.1, 0.15) is 0 Å². The minimum atomic E-state index is 0.557. The maximum atomic E-state index is 4.80. The second kappa shape index (κ2) is 8.49. The summed E-state index contributed by atoms with van der Waals surface area (Å²) in [6.45, 7) is 1.97. The lowest BCUT2D eigenvalue weighted by Crippen LogP contribution is -2.52. The molecule has 30 heavy (non-hydrogen) atoms. The molecule has 0 unspecified atom stereocenters. The van der Waals surface area contributed by atoms with Crippen LogP contribution < -0.4 is 0 Å². The van der Waals surface area contributed by atoms with E-state index < -0.39 is 0 Å². The first kappa shape index (κ1) is 19.7. The average molecular weight is 399 g/mol. The van der Waals surface area contributed by atoms with Crippen LogP contribution in [0.5, 0.6) is 0 Å². The molecule has 2 aromatic rings.